The summed E-state index contributed by atoms with van der Waals surface area (Å²) >= 11 is 0. The first-order valence-electron chi connectivity index (χ1n) is 8.90. The van der Waals surface area contributed by atoms with Crippen molar-refractivity contribution < 1.29 is 19.1 Å². The highest BCUT2D eigenvalue weighted by atomic mass is 16.5. The van der Waals surface area contributed by atoms with Gasteiger partial charge in [0.05, 0.1) is 11.1 Å². The van der Waals surface area contributed by atoms with E-state index in [1.165, 1.54) is 0 Å². The quantitative estimate of drug-likeness (QED) is 0.508. The molecule has 5 heteroatoms. The molecule has 138 valence electrons. The van der Waals surface area contributed by atoms with Crippen LogP contribution in [-0.4, -0.2) is 29.2 Å². The fourth-order valence-electron chi connectivity index (χ4n) is 3.26. The summed E-state index contributed by atoms with van der Waals surface area (Å²) in [7, 11) is 0. The van der Waals surface area contributed by atoms with E-state index in [-0.39, 0.29) is 0 Å². The van der Waals surface area contributed by atoms with Crippen LogP contribution in [-0.2, 0) is 9.53 Å². The third-order valence-electron chi connectivity index (χ3n) is 4.62. The molecule has 0 radical (unpaired) electrons. The average Bonchev–Trinajstić information content (AvgIpc) is 2.98. The van der Waals surface area contributed by atoms with Crippen LogP contribution in [0.3, 0.4) is 0 Å². The van der Waals surface area contributed by atoms with Crippen LogP contribution in [0.5, 0.6) is 0 Å². The molecule has 3 aromatic carbocycles. The van der Waals surface area contributed by atoms with Crippen molar-refractivity contribution in [2.24, 2.45) is 0 Å². The van der Waals surface area contributed by atoms with Crippen LogP contribution in [0.4, 0.5) is 0 Å². The van der Waals surface area contributed by atoms with Crippen LogP contribution in [0.15, 0.2) is 84.9 Å². The van der Waals surface area contributed by atoms with Crippen molar-refractivity contribution in [1.29, 1.82) is 0 Å². The Balaban J connectivity index is 1.55. The predicted molar refractivity (Wildman–Crippen MR) is 103 cm³/mol. The van der Waals surface area contributed by atoms with Crippen LogP contribution >= 0.6 is 0 Å². The topological polar surface area (TPSA) is 63.7 Å². The molecule has 0 bridgehead atoms. The average molecular weight is 371 g/mol. The van der Waals surface area contributed by atoms with Gasteiger partial charge in [0.1, 0.15) is 6.54 Å². The molecule has 28 heavy (non-hydrogen) atoms. The van der Waals surface area contributed by atoms with Crippen molar-refractivity contribution in [2.75, 3.05) is 6.54 Å². The molecule has 0 spiro atoms. The summed E-state index contributed by atoms with van der Waals surface area (Å²) in [5, 5.41) is 0. The van der Waals surface area contributed by atoms with Crippen LogP contribution in [0, 0.1) is 0 Å². The van der Waals surface area contributed by atoms with E-state index < -0.39 is 30.4 Å². The van der Waals surface area contributed by atoms with E-state index in [1.807, 2.05) is 60.7 Å². The molecule has 1 aliphatic rings. The zero-order valence-electron chi connectivity index (χ0n) is 14.9. The van der Waals surface area contributed by atoms with E-state index in [4.69, 9.17) is 4.74 Å². The van der Waals surface area contributed by atoms with E-state index >= 15 is 0 Å². The van der Waals surface area contributed by atoms with Gasteiger partial charge in [0.2, 0.25) is 0 Å². The Bertz CT molecular complexity index is 956. The highest BCUT2D eigenvalue weighted by molar-refractivity contribution is 6.22. The molecule has 0 N–H and O–H groups in total. The minimum atomic E-state index is -0.646. The molecule has 0 aromatic heterocycles. The van der Waals surface area contributed by atoms with Crippen LogP contribution in [0.25, 0.3) is 0 Å². The Morgan fingerprint density at radius 2 is 1.14 bits per heavy atom. The molecule has 0 atom stereocenters. The number of benzene rings is 3. The number of nitrogens with zero attached hydrogens (tertiary/aromatic N) is 1. The highest BCUT2D eigenvalue weighted by Crippen LogP contribution is 2.27. The lowest BCUT2D eigenvalue weighted by Gasteiger charge is -2.20. The first-order chi connectivity index (χ1) is 13.6. The zero-order chi connectivity index (χ0) is 19.5. The van der Waals surface area contributed by atoms with Crippen molar-refractivity contribution in [3.63, 3.8) is 0 Å². The largest absolute Gasteiger partial charge is 0.451 e. The monoisotopic (exact) mass is 371 g/mol. The molecule has 0 fully saturated rings. The van der Waals surface area contributed by atoms with E-state index in [9.17, 15) is 14.4 Å². The maximum atomic E-state index is 12.6. The number of ether oxygens (including phenoxy) is 1. The number of esters is 1. The number of imide groups is 1. The number of carbonyl (C=O) groups is 3. The van der Waals surface area contributed by atoms with Crippen LogP contribution < -0.4 is 0 Å². The van der Waals surface area contributed by atoms with E-state index in [0.29, 0.717) is 11.1 Å². The Morgan fingerprint density at radius 1 is 0.714 bits per heavy atom. The molecule has 1 aliphatic heterocycles. The number of rotatable bonds is 5. The molecular weight excluding hydrogens is 354 g/mol. The molecular formula is C23H17NO4. The van der Waals surface area contributed by atoms with Gasteiger partial charge in [0, 0.05) is 0 Å². The van der Waals surface area contributed by atoms with Gasteiger partial charge in [-0.1, -0.05) is 72.8 Å². The normalized spacial score (nSPS) is 13.0. The Kier molecular flexibility index (Phi) is 4.72. The Hall–Kier alpha value is -3.73. The number of carbonyl (C=O) groups excluding carboxylic acids is 3. The third kappa shape index (κ3) is 3.30. The molecule has 0 aliphatic carbocycles. The third-order valence-corrected chi connectivity index (χ3v) is 4.62. The van der Waals surface area contributed by atoms with Crippen LogP contribution in [0.2, 0.25) is 0 Å². The molecule has 1 heterocycles. The van der Waals surface area contributed by atoms with Gasteiger partial charge in [-0.3, -0.25) is 19.3 Å². The lowest BCUT2D eigenvalue weighted by atomic mass is 10.0. The molecule has 4 rings (SSSR count). The van der Waals surface area contributed by atoms with Gasteiger partial charge in [-0.2, -0.15) is 0 Å². The summed E-state index contributed by atoms with van der Waals surface area (Å²) in [6.45, 7) is -0.428. The second kappa shape index (κ2) is 7.48. The van der Waals surface area contributed by atoms with Gasteiger partial charge in [-0.05, 0) is 23.3 Å². The van der Waals surface area contributed by atoms with E-state index in [1.54, 1.807) is 24.3 Å². The predicted octanol–water partition coefficient (Wildman–Crippen LogP) is 3.62. The van der Waals surface area contributed by atoms with Gasteiger partial charge in [-0.15, -0.1) is 0 Å². The Labute approximate surface area is 162 Å². The fourth-order valence-corrected chi connectivity index (χ4v) is 3.26. The standard InChI is InChI=1S/C23H17NO4/c25-20(15-24-22(26)18-13-7-8-14-19(18)23(24)27)28-21(16-9-3-1-4-10-16)17-11-5-2-6-12-17/h1-14,21H,15H2. The summed E-state index contributed by atoms with van der Waals surface area (Å²) in [6, 6.07) is 25.2. The minimum Gasteiger partial charge on any atom is -0.451 e. The minimum absolute atomic E-state index is 0.308. The van der Waals surface area contributed by atoms with Gasteiger partial charge in [0.15, 0.2) is 6.10 Å². The lowest BCUT2D eigenvalue weighted by molar-refractivity contribution is -0.147. The Morgan fingerprint density at radius 3 is 1.61 bits per heavy atom. The first kappa shape index (κ1) is 17.7. The summed E-state index contributed by atoms with van der Waals surface area (Å²) in [4.78, 5) is 38.5. The second-order valence-electron chi connectivity index (χ2n) is 6.43. The number of amides is 2. The maximum absolute atomic E-state index is 12.6. The van der Waals surface area contributed by atoms with Crippen molar-refractivity contribution in [2.45, 2.75) is 6.10 Å². The molecule has 5 nitrogen and oxygen atoms in total. The number of fused-ring (bicyclic) bond motifs is 1. The van der Waals surface area contributed by atoms with Gasteiger partial charge < -0.3 is 4.74 Å². The van der Waals surface area contributed by atoms with Gasteiger partial charge >= 0.3 is 5.97 Å². The molecule has 0 saturated heterocycles. The fraction of sp³-hybridized carbons (Fsp3) is 0.0870. The summed E-state index contributed by atoms with van der Waals surface area (Å²) in [5.41, 5.74) is 2.24. The van der Waals surface area contributed by atoms with Crippen molar-refractivity contribution in [3.8, 4) is 0 Å². The van der Waals surface area contributed by atoms with Crippen molar-refractivity contribution in [3.05, 3.63) is 107 Å². The van der Waals surface area contributed by atoms with Crippen molar-refractivity contribution in [1.82, 2.24) is 4.90 Å². The summed E-state index contributed by atoms with van der Waals surface area (Å²) < 4.78 is 5.69. The van der Waals surface area contributed by atoms with Crippen molar-refractivity contribution >= 4 is 17.8 Å². The second-order valence-corrected chi connectivity index (χ2v) is 6.43. The lowest BCUT2D eigenvalue weighted by Crippen LogP contribution is -2.36. The number of hydrogen-bond donors (Lipinski definition) is 0. The molecule has 0 unspecified atom stereocenters. The molecule has 2 amide bonds. The molecule has 0 saturated carbocycles. The maximum Gasteiger partial charge on any atom is 0.327 e. The number of hydrogen-bond acceptors (Lipinski definition) is 4. The smallest absolute Gasteiger partial charge is 0.327 e. The van der Waals surface area contributed by atoms with E-state index in [0.717, 1.165) is 16.0 Å². The van der Waals surface area contributed by atoms with Gasteiger partial charge in [0.25, 0.3) is 11.8 Å². The van der Waals surface area contributed by atoms with E-state index in [2.05, 4.69) is 0 Å². The van der Waals surface area contributed by atoms with Crippen LogP contribution in [0.1, 0.15) is 37.9 Å². The van der Waals surface area contributed by atoms with Gasteiger partial charge in [-0.25, -0.2) is 0 Å². The SMILES string of the molecule is O=C(CN1C(=O)c2ccccc2C1=O)OC(c1ccccc1)c1ccccc1. The summed E-state index contributed by atoms with van der Waals surface area (Å²) in [5.74, 6) is -1.60. The molecule has 3 aromatic rings. The zero-order valence-corrected chi connectivity index (χ0v) is 14.9. The first-order valence-corrected chi connectivity index (χ1v) is 8.90. The highest BCUT2D eigenvalue weighted by Gasteiger charge is 2.37. The summed E-state index contributed by atoms with van der Waals surface area (Å²) in [6.07, 6.45) is -0.620.